The fourth-order valence-corrected chi connectivity index (χ4v) is 8.65. The number of hydrogen-bond donors (Lipinski definition) is 0. The largest absolute Gasteiger partial charge is 0.207 e. The molecule has 138 valence electrons. The molecular formula is C24H17F3Si. The Balaban J connectivity index is 2.17. The first-order chi connectivity index (χ1) is 13.6. The molecule has 0 N–H and O–H groups in total. The minimum absolute atomic E-state index is 0.377. The van der Waals surface area contributed by atoms with Crippen molar-refractivity contribution in [3.63, 3.8) is 0 Å². The molecule has 4 rings (SSSR count). The third kappa shape index (κ3) is 3.16. The summed E-state index contributed by atoms with van der Waals surface area (Å²) in [6, 6.07) is 28.7. The summed E-state index contributed by atoms with van der Waals surface area (Å²) in [4.78, 5) is 0. The first-order valence-corrected chi connectivity index (χ1v) is 10.9. The van der Waals surface area contributed by atoms with Gasteiger partial charge in [-0.05, 0) is 57.1 Å². The van der Waals surface area contributed by atoms with E-state index in [4.69, 9.17) is 0 Å². The smallest absolute Gasteiger partial charge is 0.179 e. The maximum atomic E-state index is 14.3. The van der Waals surface area contributed by atoms with Crippen LogP contribution in [0.15, 0.2) is 103 Å². The van der Waals surface area contributed by atoms with Gasteiger partial charge in [-0.2, -0.15) is 0 Å². The van der Waals surface area contributed by atoms with E-state index in [0.717, 1.165) is 20.7 Å². The van der Waals surface area contributed by atoms with Crippen LogP contribution in [-0.2, 0) is 0 Å². The van der Waals surface area contributed by atoms with Crippen LogP contribution < -0.4 is 20.7 Å². The highest BCUT2D eigenvalue weighted by atomic mass is 28.3. The van der Waals surface area contributed by atoms with Crippen LogP contribution in [0.2, 0.25) is 0 Å². The van der Waals surface area contributed by atoms with E-state index in [9.17, 15) is 13.2 Å². The van der Waals surface area contributed by atoms with Gasteiger partial charge >= 0.3 is 0 Å². The summed E-state index contributed by atoms with van der Waals surface area (Å²) in [7, 11) is -3.11. The lowest BCUT2D eigenvalue weighted by Crippen LogP contribution is -2.74. The predicted molar refractivity (Wildman–Crippen MR) is 110 cm³/mol. The highest BCUT2D eigenvalue weighted by molar-refractivity contribution is 7.19. The Kier molecular flexibility index (Phi) is 4.88. The summed E-state index contributed by atoms with van der Waals surface area (Å²) in [5, 5.41) is 3.12. The second kappa shape index (κ2) is 7.48. The molecule has 0 spiro atoms. The molecule has 0 bridgehead atoms. The SMILES string of the molecule is Fc1cccc([Si](c2ccccc2)(c2cccc(F)c2)c2cccc(F)c2)c1. The van der Waals surface area contributed by atoms with Crippen LogP contribution in [0.3, 0.4) is 0 Å². The fourth-order valence-electron chi connectivity index (χ4n) is 3.85. The summed E-state index contributed by atoms with van der Waals surface area (Å²) in [6.45, 7) is 0. The van der Waals surface area contributed by atoms with Crippen LogP contribution in [-0.4, -0.2) is 8.07 Å². The zero-order valence-corrected chi connectivity index (χ0v) is 15.9. The Bertz CT molecular complexity index is 998. The summed E-state index contributed by atoms with van der Waals surface area (Å²) in [5.74, 6) is -1.13. The second-order valence-corrected chi connectivity index (χ2v) is 10.5. The van der Waals surface area contributed by atoms with Gasteiger partial charge in [0.15, 0.2) is 8.07 Å². The zero-order valence-electron chi connectivity index (χ0n) is 14.9. The first kappa shape index (κ1) is 18.3. The van der Waals surface area contributed by atoms with E-state index < -0.39 is 8.07 Å². The fraction of sp³-hybridized carbons (Fsp3) is 0. The molecule has 0 aliphatic rings. The van der Waals surface area contributed by atoms with Crippen LogP contribution in [0.4, 0.5) is 13.2 Å². The molecule has 0 nitrogen and oxygen atoms in total. The van der Waals surface area contributed by atoms with Crippen molar-refractivity contribution in [2.24, 2.45) is 0 Å². The minimum atomic E-state index is -3.11. The maximum Gasteiger partial charge on any atom is 0.179 e. The third-order valence-electron chi connectivity index (χ3n) is 4.98. The van der Waals surface area contributed by atoms with Crippen molar-refractivity contribution >= 4 is 28.8 Å². The topological polar surface area (TPSA) is 0 Å². The highest BCUT2D eigenvalue weighted by Gasteiger charge is 2.42. The molecule has 0 saturated carbocycles. The van der Waals surface area contributed by atoms with Gasteiger partial charge in [-0.1, -0.05) is 66.7 Å². The summed E-state index contributed by atoms with van der Waals surface area (Å²) < 4.78 is 42.8. The quantitative estimate of drug-likeness (QED) is 0.370. The Morgan fingerprint density at radius 3 is 1.11 bits per heavy atom. The molecule has 0 saturated heterocycles. The Labute approximate surface area is 162 Å². The van der Waals surface area contributed by atoms with Crippen molar-refractivity contribution in [1.29, 1.82) is 0 Å². The molecule has 4 heteroatoms. The van der Waals surface area contributed by atoms with Crippen LogP contribution in [0, 0.1) is 17.5 Å². The van der Waals surface area contributed by atoms with Gasteiger partial charge in [0, 0.05) is 0 Å². The highest BCUT2D eigenvalue weighted by Crippen LogP contribution is 2.12. The molecule has 0 aliphatic carbocycles. The molecular weight excluding hydrogens is 373 g/mol. The molecule has 0 heterocycles. The second-order valence-electron chi connectivity index (χ2n) is 6.65. The molecule has 4 aromatic rings. The lowest BCUT2D eigenvalue weighted by molar-refractivity contribution is 0.629. The average Bonchev–Trinajstić information content (AvgIpc) is 2.70. The maximum absolute atomic E-state index is 14.3. The first-order valence-electron chi connectivity index (χ1n) is 8.94. The Morgan fingerprint density at radius 2 is 0.750 bits per heavy atom. The Morgan fingerprint density at radius 1 is 0.393 bits per heavy atom. The van der Waals surface area contributed by atoms with Gasteiger partial charge in [0.25, 0.3) is 0 Å². The van der Waals surface area contributed by atoms with Crippen LogP contribution >= 0.6 is 0 Å². The molecule has 0 aromatic heterocycles. The normalized spacial score (nSPS) is 11.4. The van der Waals surface area contributed by atoms with Gasteiger partial charge in [0.1, 0.15) is 17.5 Å². The number of halogens is 3. The van der Waals surface area contributed by atoms with Crippen molar-refractivity contribution in [1.82, 2.24) is 0 Å². The van der Waals surface area contributed by atoms with Gasteiger partial charge in [-0.25, -0.2) is 13.2 Å². The van der Waals surface area contributed by atoms with Gasteiger partial charge in [-0.3, -0.25) is 0 Å². The molecule has 0 aliphatic heterocycles. The third-order valence-corrected chi connectivity index (χ3v) is 9.71. The number of benzene rings is 4. The van der Waals surface area contributed by atoms with Crippen molar-refractivity contribution in [2.75, 3.05) is 0 Å². The molecule has 4 aromatic carbocycles. The predicted octanol–water partition coefficient (Wildman–Crippen LogP) is 3.48. The molecule has 0 radical (unpaired) electrons. The van der Waals surface area contributed by atoms with Gasteiger partial charge in [-0.15, -0.1) is 0 Å². The summed E-state index contributed by atoms with van der Waals surface area (Å²) in [5.41, 5.74) is 0. The molecule has 0 amide bonds. The lowest BCUT2D eigenvalue weighted by atomic mass is 10.3. The Hall–Kier alpha value is -3.11. The van der Waals surface area contributed by atoms with Gasteiger partial charge in [0.2, 0.25) is 0 Å². The summed E-state index contributed by atoms with van der Waals surface area (Å²) >= 11 is 0. The monoisotopic (exact) mass is 390 g/mol. The van der Waals surface area contributed by atoms with E-state index in [-0.39, 0.29) is 17.5 Å². The molecule has 0 unspecified atom stereocenters. The van der Waals surface area contributed by atoms with E-state index in [0.29, 0.717) is 0 Å². The van der Waals surface area contributed by atoms with E-state index >= 15 is 0 Å². The van der Waals surface area contributed by atoms with Crippen LogP contribution in [0.25, 0.3) is 0 Å². The number of hydrogen-bond acceptors (Lipinski definition) is 0. The van der Waals surface area contributed by atoms with Gasteiger partial charge in [0.05, 0.1) is 0 Å². The van der Waals surface area contributed by atoms with Crippen molar-refractivity contribution in [3.05, 3.63) is 121 Å². The van der Waals surface area contributed by atoms with Crippen molar-refractivity contribution < 1.29 is 13.2 Å². The molecule has 28 heavy (non-hydrogen) atoms. The number of rotatable bonds is 4. The molecule has 0 atom stereocenters. The molecule has 0 fully saturated rings. The standard InChI is InChI=1S/C24H17F3Si/c25-18-7-4-12-22(15-18)28(21-10-2-1-3-11-21,23-13-5-8-19(26)16-23)24-14-6-9-20(27)17-24/h1-17H. The lowest BCUT2D eigenvalue weighted by Gasteiger charge is -2.34. The summed E-state index contributed by atoms with van der Waals surface area (Å²) in [6.07, 6.45) is 0. The van der Waals surface area contributed by atoms with Crippen LogP contribution in [0.5, 0.6) is 0 Å². The van der Waals surface area contributed by atoms with E-state index in [1.165, 1.54) is 36.4 Å². The van der Waals surface area contributed by atoms with Crippen molar-refractivity contribution in [2.45, 2.75) is 0 Å². The van der Waals surface area contributed by atoms with E-state index in [1.54, 1.807) is 18.2 Å². The van der Waals surface area contributed by atoms with Crippen LogP contribution in [0.1, 0.15) is 0 Å². The van der Waals surface area contributed by atoms with E-state index in [2.05, 4.69) is 0 Å². The minimum Gasteiger partial charge on any atom is -0.207 e. The van der Waals surface area contributed by atoms with Gasteiger partial charge < -0.3 is 0 Å². The zero-order chi connectivity index (χ0) is 19.6. The average molecular weight is 390 g/mol. The van der Waals surface area contributed by atoms with Crippen molar-refractivity contribution in [3.8, 4) is 0 Å². The van der Waals surface area contributed by atoms with E-state index in [1.807, 2.05) is 48.5 Å².